The van der Waals surface area contributed by atoms with Gasteiger partial charge < -0.3 is 10.2 Å². The van der Waals surface area contributed by atoms with Gasteiger partial charge in [-0.3, -0.25) is 4.79 Å². The molecule has 20 heavy (non-hydrogen) atoms. The van der Waals surface area contributed by atoms with E-state index in [-0.39, 0.29) is 22.8 Å². The van der Waals surface area contributed by atoms with Crippen molar-refractivity contribution in [2.45, 2.75) is 13.8 Å². The molecule has 2 aromatic carbocycles. The molecule has 2 aromatic rings. The number of aryl methyl sites for hydroxylation is 2. The summed E-state index contributed by atoms with van der Waals surface area (Å²) in [5.41, 5.74) is 2.73. The van der Waals surface area contributed by atoms with Crippen LogP contribution < -0.4 is 0 Å². The Labute approximate surface area is 117 Å². The number of hydrogen-bond donors (Lipinski definition) is 2. The van der Waals surface area contributed by atoms with Gasteiger partial charge in [0.2, 0.25) is 0 Å². The molecule has 0 aliphatic rings. The Hall–Kier alpha value is -2.55. The highest BCUT2D eigenvalue weighted by Crippen LogP contribution is 2.22. The Balaban J connectivity index is 2.29. The molecule has 0 bridgehead atoms. The molecule has 102 valence electrons. The maximum Gasteiger partial charge on any atom is 0.189 e. The molecule has 0 atom stereocenters. The first-order valence-electron chi connectivity index (χ1n) is 6.29. The van der Waals surface area contributed by atoms with Gasteiger partial charge in [-0.2, -0.15) is 0 Å². The molecule has 0 saturated heterocycles. The van der Waals surface area contributed by atoms with Gasteiger partial charge in [0.1, 0.15) is 11.5 Å². The van der Waals surface area contributed by atoms with Gasteiger partial charge >= 0.3 is 0 Å². The SMILES string of the molecule is Cc1ccc(O)c(/C=C/C(=O)c2cc(C)ccc2O)c1. The average Bonchev–Trinajstić information content (AvgIpc) is 2.42. The molecular formula is C17H16O3. The maximum absolute atomic E-state index is 12.1. The van der Waals surface area contributed by atoms with Crippen LogP contribution in [-0.2, 0) is 0 Å². The van der Waals surface area contributed by atoms with E-state index >= 15 is 0 Å². The van der Waals surface area contributed by atoms with Crippen LogP contribution in [0.25, 0.3) is 6.08 Å². The third-order valence-corrected chi connectivity index (χ3v) is 3.01. The van der Waals surface area contributed by atoms with Gasteiger partial charge in [0.15, 0.2) is 5.78 Å². The number of ketones is 1. The summed E-state index contributed by atoms with van der Waals surface area (Å²) in [4.78, 5) is 12.1. The van der Waals surface area contributed by atoms with Crippen LogP contribution in [0.4, 0.5) is 0 Å². The topological polar surface area (TPSA) is 57.5 Å². The minimum absolute atomic E-state index is 0.0429. The van der Waals surface area contributed by atoms with Crippen molar-refractivity contribution in [3.8, 4) is 11.5 Å². The molecule has 0 unspecified atom stereocenters. The number of rotatable bonds is 3. The minimum Gasteiger partial charge on any atom is -0.507 e. The molecule has 0 amide bonds. The second-order valence-electron chi connectivity index (χ2n) is 4.78. The van der Waals surface area contributed by atoms with Crippen molar-refractivity contribution in [3.05, 3.63) is 64.7 Å². The molecule has 0 fully saturated rings. The maximum atomic E-state index is 12.1. The van der Waals surface area contributed by atoms with E-state index in [1.807, 2.05) is 13.8 Å². The molecule has 0 aliphatic carbocycles. The molecule has 3 nitrogen and oxygen atoms in total. The molecule has 2 N–H and O–H groups in total. The highest BCUT2D eigenvalue weighted by molar-refractivity contribution is 6.08. The normalized spacial score (nSPS) is 10.9. The van der Waals surface area contributed by atoms with Crippen LogP contribution in [0.15, 0.2) is 42.5 Å². The number of hydrogen-bond acceptors (Lipinski definition) is 3. The fraction of sp³-hybridized carbons (Fsp3) is 0.118. The number of carbonyl (C=O) groups is 1. The highest BCUT2D eigenvalue weighted by Gasteiger charge is 2.08. The largest absolute Gasteiger partial charge is 0.507 e. The average molecular weight is 268 g/mol. The van der Waals surface area contributed by atoms with Crippen molar-refractivity contribution in [2.24, 2.45) is 0 Å². The van der Waals surface area contributed by atoms with Gasteiger partial charge in [-0.25, -0.2) is 0 Å². The number of aromatic hydroxyl groups is 2. The van der Waals surface area contributed by atoms with E-state index < -0.39 is 0 Å². The van der Waals surface area contributed by atoms with E-state index in [9.17, 15) is 15.0 Å². The molecule has 2 rings (SSSR count). The highest BCUT2D eigenvalue weighted by atomic mass is 16.3. The molecule has 0 radical (unpaired) electrons. The van der Waals surface area contributed by atoms with Crippen LogP contribution in [0.2, 0.25) is 0 Å². The Morgan fingerprint density at radius 3 is 2.25 bits per heavy atom. The standard InChI is InChI=1S/C17H16O3/c1-11-3-6-15(18)13(9-11)5-8-17(20)14-10-12(2)4-7-16(14)19/h3-10,18-19H,1-2H3/b8-5+. The summed E-state index contributed by atoms with van der Waals surface area (Å²) in [5, 5.41) is 19.4. The van der Waals surface area contributed by atoms with Crippen molar-refractivity contribution < 1.29 is 15.0 Å². The first-order chi connectivity index (χ1) is 9.47. The first-order valence-corrected chi connectivity index (χ1v) is 6.29. The van der Waals surface area contributed by atoms with Crippen molar-refractivity contribution in [1.29, 1.82) is 0 Å². The molecule has 0 aromatic heterocycles. The molecule has 0 heterocycles. The fourth-order valence-electron chi connectivity index (χ4n) is 1.91. The van der Waals surface area contributed by atoms with Gasteiger partial charge in [-0.15, -0.1) is 0 Å². The number of phenols is 2. The first kappa shape index (κ1) is 13.9. The molecule has 0 saturated carbocycles. The fourth-order valence-corrected chi connectivity index (χ4v) is 1.91. The summed E-state index contributed by atoms with van der Waals surface area (Å²) in [6, 6.07) is 10.0. The lowest BCUT2D eigenvalue weighted by Crippen LogP contribution is -1.95. The van der Waals surface area contributed by atoms with E-state index in [1.165, 1.54) is 12.1 Å². The molecule has 0 aliphatic heterocycles. The lowest BCUT2D eigenvalue weighted by Gasteiger charge is -2.03. The van der Waals surface area contributed by atoms with E-state index in [0.717, 1.165) is 11.1 Å². The van der Waals surface area contributed by atoms with Crippen LogP contribution in [0.5, 0.6) is 11.5 Å². The third kappa shape index (κ3) is 3.06. The number of benzene rings is 2. The predicted octanol–water partition coefficient (Wildman–Crippen LogP) is 3.61. The zero-order chi connectivity index (χ0) is 14.7. The zero-order valence-corrected chi connectivity index (χ0v) is 11.4. The van der Waals surface area contributed by atoms with Crippen LogP contribution in [0.1, 0.15) is 27.0 Å². The van der Waals surface area contributed by atoms with Crippen LogP contribution in [0, 0.1) is 13.8 Å². The van der Waals surface area contributed by atoms with Crippen molar-refractivity contribution in [1.82, 2.24) is 0 Å². The Bertz CT molecular complexity index is 685. The Morgan fingerprint density at radius 1 is 0.950 bits per heavy atom. The lowest BCUT2D eigenvalue weighted by atomic mass is 10.0. The monoisotopic (exact) mass is 268 g/mol. The quantitative estimate of drug-likeness (QED) is 0.660. The molecule has 3 heteroatoms. The van der Waals surface area contributed by atoms with E-state index in [1.54, 1.807) is 36.4 Å². The van der Waals surface area contributed by atoms with Crippen LogP contribution in [-0.4, -0.2) is 16.0 Å². The van der Waals surface area contributed by atoms with Gasteiger partial charge in [0.05, 0.1) is 5.56 Å². The zero-order valence-electron chi connectivity index (χ0n) is 11.4. The molecular weight excluding hydrogens is 252 g/mol. The van der Waals surface area contributed by atoms with E-state index in [0.29, 0.717) is 5.56 Å². The summed E-state index contributed by atoms with van der Waals surface area (Å²) < 4.78 is 0. The summed E-state index contributed by atoms with van der Waals surface area (Å²) in [5.74, 6) is -0.223. The number of phenolic OH excluding ortho intramolecular Hbond substituents is 2. The van der Waals surface area contributed by atoms with Crippen molar-refractivity contribution >= 4 is 11.9 Å². The second-order valence-corrected chi connectivity index (χ2v) is 4.78. The summed E-state index contributed by atoms with van der Waals surface area (Å²) >= 11 is 0. The van der Waals surface area contributed by atoms with E-state index in [4.69, 9.17) is 0 Å². The predicted molar refractivity (Wildman–Crippen MR) is 79.1 cm³/mol. The van der Waals surface area contributed by atoms with E-state index in [2.05, 4.69) is 0 Å². The smallest absolute Gasteiger partial charge is 0.189 e. The minimum atomic E-state index is -0.299. The Kier molecular flexibility index (Phi) is 3.89. The van der Waals surface area contributed by atoms with Crippen molar-refractivity contribution in [3.63, 3.8) is 0 Å². The van der Waals surface area contributed by atoms with Gasteiger partial charge in [-0.05, 0) is 50.3 Å². The molecule has 0 spiro atoms. The Morgan fingerprint density at radius 2 is 1.55 bits per heavy atom. The summed E-state index contributed by atoms with van der Waals surface area (Å²) in [6.07, 6.45) is 2.90. The third-order valence-electron chi connectivity index (χ3n) is 3.01. The van der Waals surface area contributed by atoms with Crippen LogP contribution >= 0.6 is 0 Å². The summed E-state index contributed by atoms with van der Waals surface area (Å²) in [6.45, 7) is 3.76. The van der Waals surface area contributed by atoms with Gasteiger partial charge in [0, 0.05) is 5.56 Å². The number of allylic oxidation sites excluding steroid dienone is 1. The van der Waals surface area contributed by atoms with Crippen LogP contribution in [0.3, 0.4) is 0 Å². The second kappa shape index (κ2) is 5.61. The van der Waals surface area contributed by atoms with Gasteiger partial charge in [-0.1, -0.05) is 23.3 Å². The number of carbonyl (C=O) groups excluding carboxylic acids is 1. The lowest BCUT2D eigenvalue weighted by molar-refractivity contribution is 0.104. The van der Waals surface area contributed by atoms with Gasteiger partial charge in [0.25, 0.3) is 0 Å². The van der Waals surface area contributed by atoms with Crippen molar-refractivity contribution in [2.75, 3.05) is 0 Å². The summed E-state index contributed by atoms with van der Waals surface area (Å²) in [7, 11) is 0.